The van der Waals surface area contributed by atoms with Crippen LogP contribution in [-0.4, -0.2) is 36.0 Å². The van der Waals surface area contributed by atoms with Crippen LogP contribution in [0.1, 0.15) is 11.1 Å². The Hall–Kier alpha value is -2.54. The normalized spacial score (nSPS) is 11.5. The van der Waals surface area contributed by atoms with E-state index in [0.717, 1.165) is 5.56 Å². The van der Waals surface area contributed by atoms with Gasteiger partial charge < -0.3 is 14.2 Å². The lowest BCUT2D eigenvalue weighted by molar-refractivity contribution is 0.324. The first kappa shape index (κ1) is 17.8. The molecule has 0 amide bonds. The lowest BCUT2D eigenvalue weighted by Crippen LogP contribution is -1.99. The van der Waals surface area contributed by atoms with E-state index in [1.165, 1.54) is 39.7 Å². The van der Waals surface area contributed by atoms with Crippen LogP contribution in [0.5, 0.6) is 17.2 Å². The summed E-state index contributed by atoms with van der Waals surface area (Å²) in [6.07, 6.45) is 1.25. The molecule has 0 saturated carbocycles. The summed E-state index contributed by atoms with van der Waals surface area (Å²) in [5, 5.41) is 0. The molecule has 6 nitrogen and oxygen atoms in total. The Morgan fingerprint density at radius 2 is 1.46 bits per heavy atom. The molecule has 0 bridgehead atoms. The van der Waals surface area contributed by atoms with E-state index in [2.05, 4.69) is 4.40 Å². The summed E-state index contributed by atoms with van der Waals surface area (Å²) in [6.45, 7) is 1.88. The van der Waals surface area contributed by atoms with E-state index >= 15 is 0 Å². The third-order valence-electron chi connectivity index (χ3n) is 3.35. The van der Waals surface area contributed by atoms with E-state index in [0.29, 0.717) is 22.8 Å². The van der Waals surface area contributed by atoms with Crippen LogP contribution in [0.3, 0.4) is 0 Å². The number of aryl methyl sites for hydroxylation is 1. The van der Waals surface area contributed by atoms with Gasteiger partial charge in [0, 0.05) is 11.8 Å². The topological polar surface area (TPSA) is 74.2 Å². The highest BCUT2D eigenvalue weighted by Gasteiger charge is 2.14. The van der Waals surface area contributed by atoms with Gasteiger partial charge in [-0.15, -0.1) is 0 Å². The Morgan fingerprint density at radius 1 is 0.917 bits per heavy atom. The van der Waals surface area contributed by atoms with E-state index in [4.69, 9.17) is 14.2 Å². The summed E-state index contributed by atoms with van der Waals surface area (Å²) in [6, 6.07) is 9.74. The summed E-state index contributed by atoms with van der Waals surface area (Å²) < 4.78 is 43.9. The number of nitrogens with zero attached hydrogens (tertiary/aromatic N) is 1. The van der Waals surface area contributed by atoms with E-state index < -0.39 is 10.0 Å². The molecule has 0 saturated heterocycles. The number of hydrogen-bond donors (Lipinski definition) is 0. The molecule has 0 atom stereocenters. The maximum atomic E-state index is 12.3. The Morgan fingerprint density at radius 3 is 1.92 bits per heavy atom. The zero-order chi connectivity index (χ0) is 17.7. The molecule has 0 aliphatic heterocycles. The van der Waals surface area contributed by atoms with Crippen molar-refractivity contribution in [2.75, 3.05) is 21.3 Å². The Bertz CT molecular complexity index is 817. The standard InChI is InChI=1S/C17H19NO5S/c1-12-5-7-14(8-6-12)24(19,20)18-11-13-9-15(21-2)17(23-4)16(10-13)22-3/h5-11H,1-4H3/b18-11-. The predicted octanol–water partition coefficient (Wildman–Crippen LogP) is 2.83. The van der Waals surface area contributed by atoms with Crippen molar-refractivity contribution in [1.29, 1.82) is 0 Å². The molecule has 0 spiro atoms. The van der Waals surface area contributed by atoms with E-state index in [1.54, 1.807) is 24.3 Å². The van der Waals surface area contributed by atoms with Gasteiger partial charge in [0.1, 0.15) is 0 Å². The molecular weight excluding hydrogens is 330 g/mol. The zero-order valence-electron chi connectivity index (χ0n) is 13.9. The summed E-state index contributed by atoms with van der Waals surface area (Å²) in [7, 11) is 0.697. The van der Waals surface area contributed by atoms with Crippen LogP contribution < -0.4 is 14.2 Å². The molecular formula is C17H19NO5S. The lowest BCUT2D eigenvalue weighted by Gasteiger charge is -2.12. The number of sulfonamides is 1. The molecule has 2 aromatic carbocycles. The lowest BCUT2D eigenvalue weighted by atomic mass is 10.2. The summed E-state index contributed by atoms with van der Waals surface area (Å²) in [5.41, 5.74) is 1.49. The molecule has 0 N–H and O–H groups in total. The van der Waals surface area contributed by atoms with Gasteiger partial charge >= 0.3 is 0 Å². The van der Waals surface area contributed by atoms with Gasteiger partial charge in [0.05, 0.1) is 26.2 Å². The molecule has 0 unspecified atom stereocenters. The fourth-order valence-electron chi connectivity index (χ4n) is 2.08. The Kier molecular flexibility index (Phi) is 5.46. The third kappa shape index (κ3) is 3.86. The van der Waals surface area contributed by atoms with Crippen LogP contribution >= 0.6 is 0 Å². The Labute approximate surface area is 141 Å². The van der Waals surface area contributed by atoms with Gasteiger partial charge in [-0.05, 0) is 31.2 Å². The van der Waals surface area contributed by atoms with Crippen molar-refractivity contribution in [3.8, 4) is 17.2 Å². The first-order valence-electron chi connectivity index (χ1n) is 7.08. The Balaban J connectivity index is 2.39. The molecule has 0 aromatic heterocycles. The second-order valence-corrected chi connectivity index (χ2v) is 6.61. The molecule has 0 radical (unpaired) electrons. The molecule has 0 fully saturated rings. The fraction of sp³-hybridized carbons (Fsp3) is 0.235. The molecule has 128 valence electrons. The first-order valence-corrected chi connectivity index (χ1v) is 8.52. The van der Waals surface area contributed by atoms with E-state index in [1.807, 2.05) is 6.92 Å². The van der Waals surface area contributed by atoms with Gasteiger partial charge in [-0.2, -0.15) is 12.8 Å². The minimum absolute atomic E-state index is 0.136. The minimum Gasteiger partial charge on any atom is -0.493 e. The van der Waals surface area contributed by atoms with Crippen LogP contribution in [-0.2, 0) is 10.0 Å². The maximum absolute atomic E-state index is 12.3. The maximum Gasteiger partial charge on any atom is 0.282 e. The predicted molar refractivity (Wildman–Crippen MR) is 92.1 cm³/mol. The largest absolute Gasteiger partial charge is 0.493 e. The van der Waals surface area contributed by atoms with Crippen LogP contribution in [0.4, 0.5) is 0 Å². The van der Waals surface area contributed by atoms with Crippen LogP contribution in [0.2, 0.25) is 0 Å². The second kappa shape index (κ2) is 7.35. The molecule has 0 heterocycles. The molecule has 24 heavy (non-hydrogen) atoms. The van der Waals surface area contributed by atoms with Gasteiger partial charge in [0.25, 0.3) is 10.0 Å². The molecule has 0 aliphatic rings. The fourth-order valence-corrected chi connectivity index (χ4v) is 2.94. The molecule has 2 aromatic rings. The number of ether oxygens (including phenoxy) is 3. The van der Waals surface area contributed by atoms with Crippen molar-refractivity contribution in [3.63, 3.8) is 0 Å². The average molecular weight is 349 g/mol. The number of hydrogen-bond acceptors (Lipinski definition) is 5. The average Bonchev–Trinajstić information content (AvgIpc) is 2.59. The van der Waals surface area contributed by atoms with E-state index in [9.17, 15) is 8.42 Å². The summed E-state index contributed by atoms with van der Waals surface area (Å²) in [5.74, 6) is 1.27. The molecule has 0 aliphatic carbocycles. The highest BCUT2D eigenvalue weighted by molar-refractivity contribution is 7.90. The quantitative estimate of drug-likeness (QED) is 0.750. The van der Waals surface area contributed by atoms with Gasteiger partial charge in [-0.3, -0.25) is 0 Å². The summed E-state index contributed by atoms with van der Waals surface area (Å²) in [4.78, 5) is 0.136. The van der Waals surface area contributed by atoms with Gasteiger partial charge in [0.2, 0.25) is 5.75 Å². The second-order valence-electron chi connectivity index (χ2n) is 4.98. The van der Waals surface area contributed by atoms with Crippen LogP contribution in [0.25, 0.3) is 0 Å². The first-order chi connectivity index (χ1) is 11.4. The van der Waals surface area contributed by atoms with Crippen molar-refractivity contribution in [2.45, 2.75) is 11.8 Å². The van der Waals surface area contributed by atoms with Gasteiger partial charge in [-0.25, -0.2) is 0 Å². The van der Waals surface area contributed by atoms with Crippen molar-refractivity contribution >= 4 is 16.2 Å². The highest BCUT2D eigenvalue weighted by atomic mass is 32.2. The van der Waals surface area contributed by atoms with Crippen molar-refractivity contribution in [3.05, 3.63) is 47.5 Å². The van der Waals surface area contributed by atoms with Crippen molar-refractivity contribution in [2.24, 2.45) is 4.40 Å². The van der Waals surface area contributed by atoms with Crippen LogP contribution in [0.15, 0.2) is 45.7 Å². The van der Waals surface area contributed by atoms with Crippen molar-refractivity contribution < 1.29 is 22.6 Å². The summed E-state index contributed by atoms with van der Waals surface area (Å²) >= 11 is 0. The van der Waals surface area contributed by atoms with Gasteiger partial charge in [-0.1, -0.05) is 17.7 Å². The smallest absolute Gasteiger partial charge is 0.282 e. The molecule has 2 rings (SSSR count). The van der Waals surface area contributed by atoms with E-state index in [-0.39, 0.29) is 4.90 Å². The zero-order valence-corrected chi connectivity index (χ0v) is 14.8. The third-order valence-corrected chi connectivity index (χ3v) is 4.60. The monoisotopic (exact) mass is 349 g/mol. The molecule has 7 heteroatoms. The highest BCUT2D eigenvalue weighted by Crippen LogP contribution is 2.37. The minimum atomic E-state index is -3.77. The number of rotatable bonds is 6. The van der Waals surface area contributed by atoms with Crippen LogP contribution in [0, 0.1) is 6.92 Å². The number of methoxy groups -OCH3 is 3. The van der Waals surface area contributed by atoms with Gasteiger partial charge in [0.15, 0.2) is 11.5 Å². The SMILES string of the molecule is COc1cc(/C=N\S(=O)(=O)c2ccc(C)cc2)cc(OC)c1OC. The number of benzene rings is 2. The van der Waals surface area contributed by atoms with Crippen molar-refractivity contribution in [1.82, 2.24) is 0 Å².